The van der Waals surface area contributed by atoms with Gasteiger partial charge in [0.1, 0.15) is 17.6 Å². The Morgan fingerprint density at radius 3 is 2.79 bits per heavy atom. The van der Waals surface area contributed by atoms with Gasteiger partial charge < -0.3 is 20.1 Å². The number of halogens is 2. The summed E-state index contributed by atoms with van der Waals surface area (Å²) in [5.74, 6) is 0.172. The number of methoxy groups -OCH3 is 1. The molecule has 2 N–H and O–H groups in total. The molecular formula is C25H27ClFN5O2. The normalized spacial score (nSPS) is 14.1. The number of nitriles is 1. The molecule has 1 fully saturated rings. The predicted octanol–water partition coefficient (Wildman–Crippen LogP) is 5.18. The number of morpholine rings is 1. The third-order valence-electron chi connectivity index (χ3n) is 5.82. The van der Waals surface area contributed by atoms with Crippen molar-refractivity contribution in [2.75, 3.05) is 57.1 Å². The zero-order valence-corrected chi connectivity index (χ0v) is 19.8. The second-order valence-corrected chi connectivity index (χ2v) is 8.48. The Morgan fingerprint density at radius 1 is 1.24 bits per heavy atom. The lowest BCUT2D eigenvalue weighted by atomic mass is 10.1. The number of nitrogens with one attached hydrogen (secondary N) is 2. The van der Waals surface area contributed by atoms with Crippen molar-refractivity contribution in [2.24, 2.45) is 0 Å². The number of nitrogens with zero attached hydrogens (tertiary/aromatic N) is 3. The third-order valence-corrected chi connectivity index (χ3v) is 6.11. The number of rotatable bonds is 9. The van der Waals surface area contributed by atoms with Crippen molar-refractivity contribution < 1.29 is 13.9 Å². The van der Waals surface area contributed by atoms with E-state index in [1.807, 2.05) is 12.1 Å². The Kier molecular flexibility index (Phi) is 8.01. The van der Waals surface area contributed by atoms with E-state index in [0.717, 1.165) is 63.3 Å². The first-order valence-electron chi connectivity index (χ1n) is 11.3. The van der Waals surface area contributed by atoms with Gasteiger partial charge in [-0.15, -0.1) is 0 Å². The summed E-state index contributed by atoms with van der Waals surface area (Å²) in [5, 5.41) is 17.1. The fourth-order valence-electron chi connectivity index (χ4n) is 3.97. The molecule has 0 bridgehead atoms. The number of ether oxygens (including phenoxy) is 2. The maximum absolute atomic E-state index is 13.6. The molecule has 0 atom stereocenters. The molecule has 3 aromatic rings. The average Bonchev–Trinajstić information content (AvgIpc) is 2.86. The first-order chi connectivity index (χ1) is 16.6. The highest BCUT2D eigenvalue weighted by atomic mass is 35.5. The Morgan fingerprint density at radius 2 is 2.06 bits per heavy atom. The van der Waals surface area contributed by atoms with Crippen molar-refractivity contribution in [2.45, 2.75) is 12.8 Å². The summed E-state index contributed by atoms with van der Waals surface area (Å²) in [5.41, 5.74) is 3.01. The van der Waals surface area contributed by atoms with E-state index in [1.165, 1.54) is 18.3 Å². The second-order valence-electron chi connectivity index (χ2n) is 8.07. The van der Waals surface area contributed by atoms with Crippen LogP contribution < -0.4 is 15.4 Å². The van der Waals surface area contributed by atoms with Crippen molar-refractivity contribution in [1.82, 2.24) is 9.88 Å². The lowest BCUT2D eigenvalue weighted by Crippen LogP contribution is -2.36. The van der Waals surface area contributed by atoms with Crippen molar-refractivity contribution in [3.05, 3.63) is 52.9 Å². The quantitative estimate of drug-likeness (QED) is 0.406. The van der Waals surface area contributed by atoms with E-state index in [4.69, 9.17) is 21.1 Å². The highest BCUT2D eigenvalue weighted by Gasteiger charge is 2.15. The van der Waals surface area contributed by atoms with Crippen LogP contribution in [-0.2, 0) is 4.74 Å². The fraction of sp³-hybridized carbons (Fsp3) is 0.360. The minimum absolute atomic E-state index is 0.00275. The van der Waals surface area contributed by atoms with Gasteiger partial charge in [0.05, 0.1) is 47.8 Å². The lowest BCUT2D eigenvalue weighted by molar-refractivity contribution is 0.0373. The molecule has 0 saturated carbocycles. The van der Waals surface area contributed by atoms with E-state index < -0.39 is 5.82 Å². The van der Waals surface area contributed by atoms with Crippen LogP contribution in [0.5, 0.6) is 5.75 Å². The van der Waals surface area contributed by atoms with Crippen molar-refractivity contribution in [1.29, 1.82) is 5.26 Å². The van der Waals surface area contributed by atoms with Crippen LogP contribution in [0.3, 0.4) is 0 Å². The zero-order valence-electron chi connectivity index (χ0n) is 19.0. The lowest BCUT2D eigenvalue weighted by Gasteiger charge is -2.26. The van der Waals surface area contributed by atoms with Crippen LogP contribution in [0.15, 0.2) is 36.5 Å². The average molecular weight is 484 g/mol. The summed E-state index contributed by atoms with van der Waals surface area (Å²) in [6, 6.07) is 10.3. The molecule has 7 nitrogen and oxygen atoms in total. The van der Waals surface area contributed by atoms with Crippen LogP contribution in [0.4, 0.5) is 21.5 Å². The van der Waals surface area contributed by atoms with Crippen molar-refractivity contribution >= 4 is 39.6 Å². The summed E-state index contributed by atoms with van der Waals surface area (Å²) in [7, 11) is 1.62. The smallest absolute Gasteiger partial charge is 0.144 e. The van der Waals surface area contributed by atoms with Crippen LogP contribution in [0, 0.1) is 17.1 Å². The Hall–Kier alpha value is -3.12. The Balaban J connectivity index is 1.54. The maximum atomic E-state index is 13.6. The van der Waals surface area contributed by atoms with Crippen LogP contribution in [-0.4, -0.2) is 56.4 Å². The van der Waals surface area contributed by atoms with Crippen LogP contribution in [0.2, 0.25) is 5.02 Å². The van der Waals surface area contributed by atoms with Gasteiger partial charge >= 0.3 is 0 Å². The molecule has 0 spiro atoms. The van der Waals surface area contributed by atoms with Gasteiger partial charge in [-0.3, -0.25) is 9.88 Å². The predicted molar refractivity (Wildman–Crippen MR) is 133 cm³/mol. The van der Waals surface area contributed by atoms with E-state index in [2.05, 4.69) is 26.6 Å². The van der Waals surface area contributed by atoms with Crippen LogP contribution >= 0.6 is 11.6 Å². The minimum Gasteiger partial charge on any atom is -0.495 e. The number of fused-ring (bicyclic) bond motifs is 1. The Labute approximate surface area is 203 Å². The standard InChI is InChI=1S/C25H27ClFN5O2/c1-33-24-14-22-19(13-23(24)29-6-2-3-7-32-8-10-34-11-9-32)25(17(15-28)16-30-22)31-18-4-5-21(27)20(26)12-18/h4-5,12-14,16,29H,2-3,6-11H2,1H3,(H,30,31). The molecule has 4 rings (SSSR count). The number of hydrogen-bond donors (Lipinski definition) is 2. The molecule has 0 unspecified atom stereocenters. The summed E-state index contributed by atoms with van der Waals surface area (Å²) in [6.07, 6.45) is 3.60. The van der Waals surface area contributed by atoms with Gasteiger partial charge in [0, 0.05) is 43.0 Å². The molecule has 0 amide bonds. The van der Waals surface area contributed by atoms with Gasteiger partial charge in [0.15, 0.2) is 0 Å². The molecule has 9 heteroatoms. The molecule has 1 aromatic heterocycles. The van der Waals surface area contributed by atoms with E-state index in [1.54, 1.807) is 13.2 Å². The van der Waals surface area contributed by atoms with E-state index >= 15 is 0 Å². The number of aromatic nitrogens is 1. The molecule has 1 aliphatic rings. The molecule has 178 valence electrons. The molecule has 0 aliphatic carbocycles. The number of hydrogen-bond acceptors (Lipinski definition) is 7. The fourth-order valence-corrected chi connectivity index (χ4v) is 4.15. The summed E-state index contributed by atoms with van der Waals surface area (Å²) < 4.78 is 24.6. The van der Waals surface area contributed by atoms with Crippen LogP contribution in [0.25, 0.3) is 10.9 Å². The zero-order chi connectivity index (χ0) is 23.9. The van der Waals surface area contributed by atoms with Crippen molar-refractivity contribution in [3.8, 4) is 11.8 Å². The van der Waals surface area contributed by atoms with E-state index in [9.17, 15) is 9.65 Å². The summed E-state index contributed by atoms with van der Waals surface area (Å²) >= 11 is 5.94. The monoisotopic (exact) mass is 483 g/mol. The molecule has 2 aromatic carbocycles. The van der Waals surface area contributed by atoms with Gasteiger partial charge in [-0.2, -0.15) is 5.26 Å². The van der Waals surface area contributed by atoms with E-state index in [-0.39, 0.29) is 5.02 Å². The molecular weight excluding hydrogens is 457 g/mol. The first kappa shape index (κ1) is 24.0. The van der Waals surface area contributed by atoms with Crippen LogP contribution in [0.1, 0.15) is 18.4 Å². The molecule has 34 heavy (non-hydrogen) atoms. The largest absolute Gasteiger partial charge is 0.495 e. The molecule has 1 saturated heterocycles. The maximum Gasteiger partial charge on any atom is 0.144 e. The molecule has 1 aliphatic heterocycles. The first-order valence-corrected chi connectivity index (χ1v) is 11.6. The third kappa shape index (κ3) is 5.68. The molecule has 0 radical (unpaired) electrons. The highest BCUT2D eigenvalue weighted by molar-refractivity contribution is 6.31. The van der Waals surface area contributed by atoms with Gasteiger partial charge in [-0.05, 0) is 43.7 Å². The van der Waals surface area contributed by atoms with Gasteiger partial charge in [0.2, 0.25) is 0 Å². The Bertz CT molecular complexity index is 1190. The molecule has 2 heterocycles. The number of anilines is 3. The van der Waals surface area contributed by atoms with Crippen molar-refractivity contribution in [3.63, 3.8) is 0 Å². The second kappa shape index (κ2) is 11.3. The number of unbranched alkanes of at least 4 members (excludes halogenated alkanes) is 1. The summed E-state index contributed by atoms with van der Waals surface area (Å²) in [4.78, 5) is 6.85. The number of benzene rings is 2. The van der Waals surface area contributed by atoms with Gasteiger partial charge in [-0.25, -0.2) is 4.39 Å². The van der Waals surface area contributed by atoms with E-state index in [0.29, 0.717) is 28.2 Å². The highest BCUT2D eigenvalue weighted by Crippen LogP contribution is 2.36. The summed E-state index contributed by atoms with van der Waals surface area (Å²) in [6.45, 7) is 5.46. The minimum atomic E-state index is -0.503. The number of pyridine rings is 1. The van der Waals surface area contributed by atoms with Gasteiger partial charge in [-0.1, -0.05) is 11.6 Å². The van der Waals surface area contributed by atoms with Gasteiger partial charge in [0.25, 0.3) is 0 Å². The topological polar surface area (TPSA) is 82.4 Å². The SMILES string of the molecule is COc1cc2ncc(C#N)c(Nc3ccc(F)c(Cl)c3)c2cc1NCCCCN1CCOCC1.